The Morgan fingerprint density at radius 3 is 2.04 bits per heavy atom. The highest BCUT2D eigenvalue weighted by Crippen LogP contribution is 2.19. The second kappa shape index (κ2) is 11.5. The molecule has 9 atom stereocenters. The Kier molecular flexibility index (Phi) is 10.9. The molecule has 1 fully saturated rings. The van der Waals surface area contributed by atoms with Crippen molar-refractivity contribution in [1.29, 1.82) is 0 Å². The van der Waals surface area contributed by atoms with E-state index in [0.29, 0.717) is 0 Å². The van der Waals surface area contributed by atoms with Gasteiger partial charge in [0.15, 0.2) is 12.6 Å². The molecule has 26 heavy (non-hydrogen) atoms. The van der Waals surface area contributed by atoms with E-state index in [1.807, 2.05) is 0 Å². The second-order valence-electron chi connectivity index (χ2n) is 5.80. The van der Waals surface area contributed by atoms with E-state index in [4.69, 9.17) is 30.3 Å². The fourth-order valence-corrected chi connectivity index (χ4v) is 2.06. The minimum atomic E-state index is -1.65. The quantitative estimate of drug-likeness (QED) is 0.196. The van der Waals surface area contributed by atoms with Crippen LogP contribution in [0.25, 0.3) is 0 Å². The maximum atomic E-state index is 10.7. The summed E-state index contributed by atoms with van der Waals surface area (Å²) in [7, 11) is 0. The molecule has 1 amide bonds. The lowest BCUT2D eigenvalue weighted by Crippen LogP contribution is -2.63. The number of ether oxygens (including phenoxy) is 1. The third-order valence-corrected chi connectivity index (χ3v) is 3.60. The summed E-state index contributed by atoms with van der Waals surface area (Å²) < 4.78 is 4.81. The fourth-order valence-electron chi connectivity index (χ4n) is 2.06. The highest BCUT2D eigenvalue weighted by molar-refractivity contribution is 5.73. The molecule has 1 aliphatic rings. The third kappa shape index (κ3) is 7.19. The predicted molar refractivity (Wildman–Crippen MR) is 83.3 cm³/mol. The lowest BCUT2D eigenvalue weighted by molar-refractivity contribution is -0.253. The SMILES string of the molecule is CC(=O)N[C@@H]1[C@@H](O)[C@H](O)[C@@H](CO)O[C@H]1O.C[C@H](O)[C@@H](O)[C@@H](O)[C@H](O)C=O. The first-order valence-electron chi connectivity index (χ1n) is 7.73. The maximum Gasteiger partial charge on any atom is 0.217 e. The van der Waals surface area contributed by atoms with E-state index in [-0.39, 0.29) is 6.29 Å². The smallest absolute Gasteiger partial charge is 0.217 e. The van der Waals surface area contributed by atoms with Gasteiger partial charge in [-0.3, -0.25) is 4.79 Å². The van der Waals surface area contributed by atoms with Crippen molar-refractivity contribution >= 4 is 12.2 Å². The second-order valence-corrected chi connectivity index (χ2v) is 5.80. The molecule has 0 spiro atoms. The lowest BCUT2D eigenvalue weighted by Gasteiger charge is -2.40. The summed E-state index contributed by atoms with van der Waals surface area (Å²) in [4.78, 5) is 20.6. The molecule has 0 bridgehead atoms. The highest BCUT2D eigenvalue weighted by Gasteiger charge is 2.43. The van der Waals surface area contributed by atoms with E-state index in [0.717, 1.165) is 0 Å². The van der Waals surface area contributed by atoms with Gasteiger partial charge in [0.2, 0.25) is 5.91 Å². The summed E-state index contributed by atoms with van der Waals surface area (Å²) in [6.07, 6.45) is -11.1. The number of hydrogen-bond acceptors (Lipinski definition) is 11. The number of carbonyl (C=O) groups excluding carboxylic acids is 2. The summed E-state index contributed by atoms with van der Waals surface area (Å²) in [5.41, 5.74) is 0. The first kappa shape index (κ1) is 24.8. The van der Waals surface area contributed by atoms with Crippen LogP contribution in [-0.4, -0.2) is 115 Å². The average molecular weight is 385 g/mol. The van der Waals surface area contributed by atoms with Crippen LogP contribution >= 0.6 is 0 Å². The summed E-state index contributed by atoms with van der Waals surface area (Å²) in [5, 5.41) is 74.5. The number of aliphatic hydroxyl groups is 8. The monoisotopic (exact) mass is 385 g/mol. The Morgan fingerprint density at radius 2 is 1.65 bits per heavy atom. The van der Waals surface area contributed by atoms with Crippen LogP contribution in [0.2, 0.25) is 0 Å². The summed E-state index contributed by atoms with van der Waals surface area (Å²) in [6.45, 7) is 1.93. The molecule has 1 rings (SSSR count). The van der Waals surface area contributed by atoms with Crippen molar-refractivity contribution in [3.63, 3.8) is 0 Å². The van der Waals surface area contributed by atoms with Crippen molar-refractivity contribution in [2.45, 2.75) is 68.9 Å². The van der Waals surface area contributed by atoms with Gasteiger partial charge in [0.1, 0.15) is 42.7 Å². The Labute approximate surface area is 149 Å². The molecule has 1 heterocycles. The summed E-state index contributed by atoms with van der Waals surface area (Å²) in [6, 6.07) is -1.10. The Bertz CT molecular complexity index is 435. The van der Waals surface area contributed by atoms with Crippen LogP contribution in [0.4, 0.5) is 0 Å². The van der Waals surface area contributed by atoms with Crippen LogP contribution in [0, 0.1) is 0 Å². The van der Waals surface area contributed by atoms with Crippen molar-refractivity contribution in [3.05, 3.63) is 0 Å². The molecule has 0 aliphatic carbocycles. The Hall–Kier alpha value is -1.22. The predicted octanol–water partition coefficient (Wildman–Crippen LogP) is -5.43. The highest BCUT2D eigenvalue weighted by atomic mass is 16.6. The minimum Gasteiger partial charge on any atom is -0.394 e. The Morgan fingerprint density at radius 1 is 1.12 bits per heavy atom. The molecule has 1 aliphatic heterocycles. The van der Waals surface area contributed by atoms with Crippen LogP contribution < -0.4 is 5.32 Å². The Balaban J connectivity index is 0.000000508. The van der Waals surface area contributed by atoms with Crippen LogP contribution in [0.5, 0.6) is 0 Å². The normalized spacial score (nSPS) is 33.1. The molecule has 0 aromatic carbocycles. The van der Waals surface area contributed by atoms with E-state index < -0.39 is 67.6 Å². The molecule has 0 aromatic rings. The van der Waals surface area contributed by atoms with Crippen molar-refractivity contribution in [3.8, 4) is 0 Å². The van der Waals surface area contributed by atoms with Gasteiger partial charge >= 0.3 is 0 Å². The van der Waals surface area contributed by atoms with Crippen LogP contribution in [-0.2, 0) is 14.3 Å². The molecule has 0 aromatic heterocycles. The first-order valence-corrected chi connectivity index (χ1v) is 7.73. The number of hydrogen-bond donors (Lipinski definition) is 9. The zero-order chi connectivity index (χ0) is 20.6. The standard InChI is InChI=1S/C8H15NO6.C6H12O5/c1-3(11)9-5-7(13)6(12)4(2-10)15-8(5)14;1-3(8)5(10)6(11)4(9)2-7/h4-8,10,12-14H,2H2,1H3,(H,9,11);2-6,8-11H,1H3/t4-,5-,6-,7-,8-;3-,4+,5+,6-/m10/s1. The van der Waals surface area contributed by atoms with Gasteiger partial charge in [-0.15, -0.1) is 0 Å². The molecular weight excluding hydrogens is 358 g/mol. The maximum absolute atomic E-state index is 10.7. The molecular formula is C14H27NO11. The van der Waals surface area contributed by atoms with Gasteiger partial charge in [-0.1, -0.05) is 0 Å². The van der Waals surface area contributed by atoms with Crippen LogP contribution in [0.3, 0.4) is 0 Å². The van der Waals surface area contributed by atoms with E-state index in [9.17, 15) is 24.9 Å². The minimum absolute atomic E-state index is 0.0935. The summed E-state index contributed by atoms with van der Waals surface area (Å²) in [5.74, 6) is -0.462. The summed E-state index contributed by atoms with van der Waals surface area (Å²) >= 11 is 0. The molecule has 154 valence electrons. The van der Waals surface area contributed by atoms with Gasteiger partial charge < -0.3 is 55.7 Å². The van der Waals surface area contributed by atoms with Gasteiger partial charge in [-0.2, -0.15) is 0 Å². The van der Waals surface area contributed by atoms with Crippen molar-refractivity contribution in [1.82, 2.24) is 5.32 Å². The molecule has 0 unspecified atom stereocenters. The molecule has 0 radical (unpaired) electrons. The van der Waals surface area contributed by atoms with Crippen molar-refractivity contribution in [2.24, 2.45) is 0 Å². The number of rotatable bonds is 6. The van der Waals surface area contributed by atoms with E-state index in [1.165, 1.54) is 13.8 Å². The number of aldehydes is 1. The van der Waals surface area contributed by atoms with Gasteiger partial charge in [0.25, 0.3) is 0 Å². The first-order chi connectivity index (χ1) is 12.0. The van der Waals surface area contributed by atoms with Gasteiger partial charge in [-0.05, 0) is 6.92 Å². The topological polar surface area (TPSA) is 217 Å². The molecule has 1 saturated heterocycles. The zero-order valence-electron chi connectivity index (χ0n) is 14.3. The zero-order valence-corrected chi connectivity index (χ0v) is 14.3. The third-order valence-electron chi connectivity index (χ3n) is 3.60. The fraction of sp³-hybridized carbons (Fsp3) is 0.857. The van der Waals surface area contributed by atoms with Gasteiger partial charge in [-0.25, -0.2) is 0 Å². The van der Waals surface area contributed by atoms with Crippen molar-refractivity contribution in [2.75, 3.05) is 6.61 Å². The van der Waals surface area contributed by atoms with E-state index in [1.54, 1.807) is 0 Å². The van der Waals surface area contributed by atoms with Gasteiger partial charge in [0, 0.05) is 6.92 Å². The van der Waals surface area contributed by atoms with Crippen LogP contribution in [0.1, 0.15) is 13.8 Å². The van der Waals surface area contributed by atoms with Crippen LogP contribution in [0.15, 0.2) is 0 Å². The average Bonchev–Trinajstić information content (AvgIpc) is 2.59. The number of nitrogens with one attached hydrogen (secondary N) is 1. The van der Waals surface area contributed by atoms with Gasteiger partial charge in [0.05, 0.1) is 12.7 Å². The number of carbonyl (C=O) groups is 2. The van der Waals surface area contributed by atoms with Crippen molar-refractivity contribution < 1.29 is 55.2 Å². The molecule has 12 heteroatoms. The molecule has 9 N–H and O–H groups in total. The largest absolute Gasteiger partial charge is 0.394 e. The van der Waals surface area contributed by atoms with E-state index in [2.05, 4.69) is 5.32 Å². The van der Waals surface area contributed by atoms with E-state index >= 15 is 0 Å². The molecule has 12 nitrogen and oxygen atoms in total. The lowest BCUT2D eigenvalue weighted by atomic mass is 9.97. The molecule has 0 saturated carbocycles. The number of aliphatic hydroxyl groups excluding tert-OH is 8. The number of amides is 1.